The van der Waals surface area contributed by atoms with Crippen LogP contribution in [-0.2, 0) is 0 Å². The van der Waals surface area contributed by atoms with Crippen molar-refractivity contribution in [1.29, 1.82) is 0 Å². The van der Waals surface area contributed by atoms with E-state index in [-0.39, 0.29) is 11.6 Å². The van der Waals surface area contributed by atoms with Gasteiger partial charge < -0.3 is 15.5 Å². The highest BCUT2D eigenvalue weighted by Crippen LogP contribution is 2.18. The van der Waals surface area contributed by atoms with Gasteiger partial charge in [-0.1, -0.05) is 18.2 Å². The molecule has 1 amide bonds. The molecule has 0 aromatic heterocycles. The zero-order valence-electron chi connectivity index (χ0n) is 12.2. The third kappa shape index (κ3) is 2.88. The lowest BCUT2D eigenvalue weighted by molar-refractivity contribution is 0.0746. The molecule has 4 nitrogen and oxygen atoms in total. The summed E-state index contributed by atoms with van der Waals surface area (Å²) >= 11 is 0. The lowest BCUT2D eigenvalue weighted by atomic mass is 10.1. The van der Waals surface area contributed by atoms with E-state index in [4.69, 9.17) is 5.73 Å². The number of nitrogen functional groups attached to an aromatic ring is 1. The van der Waals surface area contributed by atoms with Crippen LogP contribution >= 0.6 is 0 Å². The van der Waals surface area contributed by atoms with Crippen LogP contribution in [0.3, 0.4) is 0 Å². The molecule has 0 aliphatic carbocycles. The largest absolute Gasteiger partial charge is 0.396 e. The van der Waals surface area contributed by atoms with Crippen LogP contribution in [0.2, 0.25) is 0 Å². The first-order valence-electron chi connectivity index (χ1n) is 7.29. The Hall–Kier alpha value is -2.56. The number of carbonyl (C=O) groups is 1. The Labute approximate surface area is 128 Å². The predicted octanol–water partition coefficient (Wildman–Crippen LogP) is 2.37. The molecule has 0 bridgehead atoms. The zero-order valence-corrected chi connectivity index (χ0v) is 12.2. The van der Waals surface area contributed by atoms with Gasteiger partial charge in [0.15, 0.2) is 0 Å². The third-order valence-electron chi connectivity index (χ3n) is 3.94. The van der Waals surface area contributed by atoms with Crippen molar-refractivity contribution in [2.75, 3.05) is 36.8 Å². The van der Waals surface area contributed by atoms with Gasteiger partial charge in [-0.15, -0.1) is 0 Å². The van der Waals surface area contributed by atoms with E-state index in [0.717, 1.165) is 18.8 Å². The molecule has 0 atom stereocenters. The molecule has 5 heteroatoms. The number of hydrogen-bond donors (Lipinski definition) is 1. The monoisotopic (exact) mass is 299 g/mol. The van der Waals surface area contributed by atoms with Crippen LogP contribution in [0.25, 0.3) is 0 Å². The van der Waals surface area contributed by atoms with Crippen LogP contribution < -0.4 is 10.6 Å². The maximum absolute atomic E-state index is 13.5. The van der Waals surface area contributed by atoms with Crippen molar-refractivity contribution >= 4 is 17.3 Å². The minimum Gasteiger partial charge on any atom is -0.396 e. The van der Waals surface area contributed by atoms with Crippen LogP contribution in [0.1, 0.15) is 10.4 Å². The van der Waals surface area contributed by atoms with Crippen molar-refractivity contribution in [3.05, 3.63) is 59.9 Å². The number of nitrogens with zero attached hydrogens (tertiary/aromatic N) is 2. The molecular weight excluding hydrogens is 281 g/mol. The van der Waals surface area contributed by atoms with E-state index in [1.807, 2.05) is 18.2 Å². The summed E-state index contributed by atoms with van der Waals surface area (Å²) in [5.41, 5.74) is 7.01. The van der Waals surface area contributed by atoms with Gasteiger partial charge in [-0.05, 0) is 30.3 Å². The molecule has 1 fully saturated rings. The van der Waals surface area contributed by atoms with Crippen LogP contribution in [0.4, 0.5) is 15.8 Å². The van der Waals surface area contributed by atoms with Crippen molar-refractivity contribution in [2.24, 2.45) is 0 Å². The predicted molar refractivity (Wildman–Crippen MR) is 85.4 cm³/mol. The number of rotatable bonds is 2. The minimum atomic E-state index is -0.547. The van der Waals surface area contributed by atoms with E-state index in [2.05, 4.69) is 17.0 Å². The molecular formula is C17H18FN3O. The van der Waals surface area contributed by atoms with E-state index < -0.39 is 5.82 Å². The van der Waals surface area contributed by atoms with Crippen LogP contribution in [0.15, 0.2) is 48.5 Å². The fourth-order valence-electron chi connectivity index (χ4n) is 2.65. The SMILES string of the molecule is Nc1ccc(C(=O)N2CCN(c3ccccc3)CC2)cc1F. The number of carbonyl (C=O) groups excluding carboxylic acids is 1. The van der Waals surface area contributed by atoms with E-state index in [1.54, 1.807) is 11.0 Å². The van der Waals surface area contributed by atoms with Crippen molar-refractivity contribution in [3.63, 3.8) is 0 Å². The van der Waals surface area contributed by atoms with E-state index in [1.165, 1.54) is 12.1 Å². The zero-order chi connectivity index (χ0) is 15.5. The molecule has 0 unspecified atom stereocenters. The summed E-state index contributed by atoms with van der Waals surface area (Å²) in [5.74, 6) is -0.694. The summed E-state index contributed by atoms with van der Waals surface area (Å²) in [4.78, 5) is 16.4. The summed E-state index contributed by atoms with van der Waals surface area (Å²) < 4.78 is 13.5. The molecule has 1 heterocycles. The summed E-state index contributed by atoms with van der Waals surface area (Å²) in [6.45, 7) is 2.79. The number of nitrogens with two attached hydrogens (primary N) is 1. The summed E-state index contributed by atoms with van der Waals surface area (Å²) in [7, 11) is 0. The molecule has 1 aliphatic rings. The van der Waals surface area contributed by atoms with Gasteiger partial charge in [-0.25, -0.2) is 4.39 Å². The molecule has 1 saturated heterocycles. The Bertz CT molecular complexity index is 667. The highest BCUT2D eigenvalue weighted by molar-refractivity contribution is 5.94. The molecule has 2 aromatic rings. The summed E-state index contributed by atoms with van der Waals surface area (Å²) in [5, 5.41) is 0. The van der Waals surface area contributed by atoms with Crippen molar-refractivity contribution < 1.29 is 9.18 Å². The average Bonchev–Trinajstić information content (AvgIpc) is 2.58. The number of hydrogen-bond acceptors (Lipinski definition) is 3. The first kappa shape index (κ1) is 14.4. The molecule has 3 rings (SSSR count). The van der Waals surface area contributed by atoms with Gasteiger partial charge in [0, 0.05) is 37.4 Å². The second-order valence-corrected chi connectivity index (χ2v) is 5.35. The van der Waals surface area contributed by atoms with Gasteiger partial charge in [-0.2, -0.15) is 0 Å². The summed E-state index contributed by atoms with van der Waals surface area (Å²) in [6, 6.07) is 14.3. The Kier molecular flexibility index (Phi) is 3.96. The first-order chi connectivity index (χ1) is 10.6. The lowest BCUT2D eigenvalue weighted by Gasteiger charge is -2.36. The third-order valence-corrected chi connectivity index (χ3v) is 3.94. The molecule has 0 saturated carbocycles. The average molecular weight is 299 g/mol. The Morgan fingerprint density at radius 3 is 2.32 bits per heavy atom. The van der Waals surface area contributed by atoms with Crippen LogP contribution in [0, 0.1) is 5.82 Å². The lowest BCUT2D eigenvalue weighted by Crippen LogP contribution is -2.48. The smallest absolute Gasteiger partial charge is 0.254 e. The Morgan fingerprint density at radius 2 is 1.68 bits per heavy atom. The maximum Gasteiger partial charge on any atom is 0.254 e. The highest BCUT2D eigenvalue weighted by atomic mass is 19.1. The van der Waals surface area contributed by atoms with Crippen molar-refractivity contribution in [2.45, 2.75) is 0 Å². The quantitative estimate of drug-likeness (QED) is 0.866. The highest BCUT2D eigenvalue weighted by Gasteiger charge is 2.22. The number of amides is 1. The number of halogens is 1. The normalized spacial score (nSPS) is 15.0. The second kappa shape index (κ2) is 6.05. The van der Waals surface area contributed by atoms with Gasteiger partial charge in [0.2, 0.25) is 0 Å². The number of benzene rings is 2. The molecule has 1 aliphatic heterocycles. The van der Waals surface area contributed by atoms with Gasteiger partial charge >= 0.3 is 0 Å². The van der Waals surface area contributed by atoms with Gasteiger partial charge in [-0.3, -0.25) is 4.79 Å². The maximum atomic E-state index is 13.5. The molecule has 0 radical (unpaired) electrons. The van der Waals surface area contributed by atoms with Crippen LogP contribution in [0.5, 0.6) is 0 Å². The fourth-order valence-corrected chi connectivity index (χ4v) is 2.65. The molecule has 22 heavy (non-hydrogen) atoms. The van der Waals surface area contributed by atoms with E-state index >= 15 is 0 Å². The Balaban J connectivity index is 1.66. The topological polar surface area (TPSA) is 49.6 Å². The molecule has 2 N–H and O–H groups in total. The molecule has 0 spiro atoms. The van der Waals surface area contributed by atoms with E-state index in [9.17, 15) is 9.18 Å². The number of para-hydroxylation sites is 1. The van der Waals surface area contributed by atoms with Gasteiger partial charge in [0.25, 0.3) is 5.91 Å². The molecule has 114 valence electrons. The second-order valence-electron chi connectivity index (χ2n) is 5.35. The summed E-state index contributed by atoms with van der Waals surface area (Å²) in [6.07, 6.45) is 0. The van der Waals surface area contributed by atoms with Crippen molar-refractivity contribution in [1.82, 2.24) is 4.90 Å². The number of piperazine rings is 1. The van der Waals surface area contributed by atoms with Crippen molar-refractivity contribution in [3.8, 4) is 0 Å². The van der Waals surface area contributed by atoms with Crippen LogP contribution in [-0.4, -0.2) is 37.0 Å². The minimum absolute atomic E-state index is 0.0606. The molecule has 2 aromatic carbocycles. The fraction of sp³-hybridized carbons (Fsp3) is 0.235. The number of anilines is 2. The van der Waals surface area contributed by atoms with E-state index in [0.29, 0.717) is 18.7 Å². The first-order valence-corrected chi connectivity index (χ1v) is 7.29. The standard InChI is InChI=1S/C17H18FN3O/c18-15-12-13(6-7-16(15)19)17(22)21-10-8-20(9-11-21)14-4-2-1-3-5-14/h1-7,12H,8-11,19H2. The van der Waals surface area contributed by atoms with Gasteiger partial charge in [0.05, 0.1) is 5.69 Å². The Morgan fingerprint density at radius 1 is 1.00 bits per heavy atom. The van der Waals surface area contributed by atoms with Gasteiger partial charge in [0.1, 0.15) is 5.82 Å².